The molecule has 3 aliphatic rings. The largest absolute Gasteiger partial charge is 0.454 e. The molecule has 0 aromatic carbocycles. The first-order valence-electron chi connectivity index (χ1n) is 7.13. The molecule has 0 aromatic rings. The molecular formula is C14H22O7. The second-order valence-corrected chi connectivity index (χ2v) is 6.58. The molecule has 0 bridgehead atoms. The van der Waals surface area contributed by atoms with E-state index >= 15 is 0 Å². The maximum atomic E-state index is 11.5. The Labute approximate surface area is 123 Å². The summed E-state index contributed by atoms with van der Waals surface area (Å²) in [6.45, 7) is 9.09. The summed E-state index contributed by atoms with van der Waals surface area (Å²) in [5.41, 5.74) is 0. The quantitative estimate of drug-likeness (QED) is 0.668. The lowest BCUT2D eigenvalue weighted by Gasteiger charge is -2.38. The van der Waals surface area contributed by atoms with Gasteiger partial charge < -0.3 is 28.4 Å². The van der Waals surface area contributed by atoms with Crippen LogP contribution in [0.4, 0.5) is 0 Å². The van der Waals surface area contributed by atoms with Crippen molar-refractivity contribution in [2.75, 3.05) is 13.2 Å². The Kier molecular flexibility index (Phi) is 3.35. The van der Waals surface area contributed by atoms with E-state index in [0.717, 1.165) is 0 Å². The van der Waals surface area contributed by atoms with Gasteiger partial charge in [0.05, 0.1) is 6.61 Å². The van der Waals surface area contributed by atoms with Gasteiger partial charge in [-0.3, -0.25) is 4.79 Å². The normalized spacial score (nSPS) is 43.8. The minimum absolute atomic E-state index is 0.175. The molecule has 21 heavy (non-hydrogen) atoms. The van der Waals surface area contributed by atoms with Crippen molar-refractivity contribution in [2.45, 2.75) is 70.3 Å². The highest BCUT2D eigenvalue weighted by atomic mass is 16.9. The second-order valence-electron chi connectivity index (χ2n) is 6.58. The summed E-state index contributed by atoms with van der Waals surface area (Å²) in [7, 11) is 0. The van der Waals surface area contributed by atoms with Crippen LogP contribution in [0.3, 0.4) is 0 Å². The molecule has 7 nitrogen and oxygen atoms in total. The van der Waals surface area contributed by atoms with Gasteiger partial charge in [0.25, 0.3) is 0 Å². The number of hydrogen-bond donors (Lipinski definition) is 0. The average Bonchev–Trinajstić information content (AvgIpc) is 2.78. The van der Waals surface area contributed by atoms with Gasteiger partial charge in [0.1, 0.15) is 18.8 Å². The zero-order chi connectivity index (χ0) is 15.5. The summed E-state index contributed by atoms with van der Waals surface area (Å²) in [6, 6.07) is 0. The fourth-order valence-corrected chi connectivity index (χ4v) is 3.03. The van der Waals surface area contributed by atoms with Gasteiger partial charge in [0.15, 0.2) is 17.7 Å². The topological polar surface area (TPSA) is 72.5 Å². The average molecular weight is 302 g/mol. The lowest BCUT2D eigenvalue weighted by Crippen LogP contribution is -2.53. The van der Waals surface area contributed by atoms with Crippen molar-refractivity contribution in [1.29, 1.82) is 0 Å². The molecule has 1 unspecified atom stereocenters. The van der Waals surface area contributed by atoms with Gasteiger partial charge in [-0.2, -0.15) is 0 Å². The van der Waals surface area contributed by atoms with Crippen molar-refractivity contribution in [2.24, 2.45) is 0 Å². The minimum Gasteiger partial charge on any atom is -0.454 e. The number of rotatable bonds is 1. The van der Waals surface area contributed by atoms with Crippen LogP contribution in [0.5, 0.6) is 0 Å². The van der Waals surface area contributed by atoms with E-state index in [1.54, 1.807) is 13.8 Å². The number of hydrogen-bond acceptors (Lipinski definition) is 7. The molecule has 0 radical (unpaired) electrons. The lowest BCUT2D eigenvalue weighted by molar-refractivity contribution is -0.304. The smallest absolute Gasteiger partial charge is 0.303 e. The maximum Gasteiger partial charge on any atom is 0.303 e. The molecule has 120 valence electrons. The van der Waals surface area contributed by atoms with Crippen LogP contribution in [0.2, 0.25) is 0 Å². The van der Waals surface area contributed by atoms with Crippen LogP contribution in [0.25, 0.3) is 0 Å². The first kappa shape index (κ1) is 15.2. The van der Waals surface area contributed by atoms with Gasteiger partial charge in [0.2, 0.25) is 5.79 Å². The summed E-state index contributed by atoms with van der Waals surface area (Å²) < 4.78 is 34.5. The third kappa shape index (κ3) is 2.68. The third-order valence-electron chi connectivity index (χ3n) is 3.80. The van der Waals surface area contributed by atoms with Crippen LogP contribution in [0.1, 0.15) is 34.6 Å². The molecule has 3 rings (SSSR count). The number of fused-ring (bicyclic) bond motifs is 1. The van der Waals surface area contributed by atoms with Gasteiger partial charge in [-0.25, -0.2) is 0 Å². The molecule has 0 N–H and O–H groups in total. The van der Waals surface area contributed by atoms with E-state index in [0.29, 0.717) is 6.61 Å². The van der Waals surface area contributed by atoms with Crippen molar-refractivity contribution in [1.82, 2.24) is 0 Å². The van der Waals surface area contributed by atoms with E-state index in [4.69, 9.17) is 28.4 Å². The molecule has 0 aliphatic carbocycles. The molecule has 4 atom stereocenters. The number of ether oxygens (including phenoxy) is 6. The number of carbonyl (C=O) groups excluding carboxylic acids is 1. The molecule has 0 saturated carbocycles. The first-order valence-corrected chi connectivity index (χ1v) is 7.13. The molecule has 0 aromatic heterocycles. The van der Waals surface area contributed by atoms with Crippen molar-refractivity contribution < 1.29 is 33.2 Å². The van der Waals surface area contributed by atoms with Gasteiger partial charge in [-0.15, -0.1) is 0 Å². The predicted molar refractivity (Wildman–Crippen MR) is 69.2 cm³/mol. The molecule has 3 aliphatic heterocycles. The Hall–Kier alpha value is -0.730. The van der Waals surface area contributed by atoms with Gasteiger partial charge in [-0.05, 0) is 27.7 Å². The number of carbonyl (C=O) groups is 1. The van der Waals surface area contributed by atoms with E-state index in [9.17, 15) is 4.79 Å². The van der Waals surface area contributed by atoms with Gasteiger partial charge in [0, 0.05) is 6.92 Å². The highest BCUT2D eigenvalue weighted by Crippen LogP contribution is 2.46. The zero-order valence-corrected chi connectivity index (χ0v) is 13.0. The Morgan fingerprint density at radius 1 is 1.10 bits per heavy atom. The fourth-order valence-electron chi connectivity index (χ4n) is 3.03. The van der Waals surface area contributed by atoms with E-state index in [2.05, 4.69) is 0 Å². The molecule has 0 amide bonds. The number of esters is 1. The molecule has 3 heterocycles. The van der Waals surface area contributed by atoms with Crippen molar-refractivity contribution >= 4 is 5.97 Å². The highest BCUT2D eigenvalue weighted by Gasteiger charge is 2.66. The Balaban J connectivity index is 1.89. The Morgan fingerprint density at radius 2 is 1.81 bits per heavy atom. The highest BCUT2D eigenvalue weighted by molar-refractivity contribution is 5.66. The van der Waals surface area contributed by atoms with Crippen LogP contribution in [-0.4, -0.2) is 54.9 Å². The lowest BCUT2D eigenvalue weighted by atomic mass is 10.0. The van der Waals surface area contributed by atoms with E-state index in [-0.39, 0.29) is 12.7 Å². The van der Waals surface area contributed by atoms with Gasteiger partial charge in [-0.1, -0.05) is 0 Å². The van der Waals surface area contributed by atoms with Crippen LogP contribution in [-0.2, 0) is 33.2 Å². The SMILES string of the molecule is CC(=O)O[C@@H]1[C@H]2OC(C)(C)OC[C@@H]2OC12COC(C)(C)O2. The zero-order valence-electron chi connectivity index (χ0n) is 13.0. The molecule has 3 fully saturated rings. The fraction of sp³-hybridized carbons (Fsp3) is 0.929. The van der Waals surface area contributed by atoms with Crippen LogP contribution in [0, 0.1) is 0 Å². The van der Waals surface area contributed by atoms with Crippen LogP contribution in [0.15, 0.2) is 0 Å². The van der Waals surface area contributed by atoms with Crippen LogP contribution >= 0.6 is 0 Å². The van der Waals surface area contributed by atoms with Crippen molar-refractivity contribution in [3.8, 4) is 0 Å². The Bertz CT molecular complexity index is 445. The first-order chi connectivity index (χ1) is 9.63. The van der Waals surface area contributed by atoms with Crippen LogP contribution < -0.4 is 0 Å². The Morgan fingerprint density at radius 3 is 2.38 bits per heavy atom. The minimum atomic E-state index is -1.14. The summed E-state index contributed by atoms with van der Waals surface area (Å²) in [5, 5.41) is 0. The molecule has 7 heteroatoms. The van der Waals surface area contributed by atoms with E-state index in [1.807, 2.05) is 13.8 Å². The maximum absolute atomic E-state index is 11.5. The van der Waals surface area contributed by atoms with Gasteiger partial charge >= 0.3 is 5.97 Å². The molecule has 1 spiro atoms. The van der Waals surface area contributed by atoms with E-state index < -0.39 is 35.5 Å². The summed E-state index contributed by atoms with van der Waals surface area (Å²) >= 11 is 0. The summed E-state index contributed by atoms with van der Waals surface area (Å²) in [5.74, 6) is -3.12. The van der Waals surface area contributed by atoms with Crippen molar-refractivity contribution in [3.05, 3.63) is 0 Å². The van der Waals surface area contributed by atoms with E-state index in [1.165, 1.54) is 6.92 Å². The monoisotopic (exact) mass is 302 g/mol. The summed E-state index contributed by atoms with van der Waals surface area (Å²) in [4.78, 5) is 11.5. The molecular weight excluding hydrogens is 280 g/mol. The summed E-state index contributed by atoms with van der Waals surface area (Å²) in [6.07, 6.45) is -1.50. The second kappa shape index (κ2) is 4.63. The standard InChI is InChI=1S/C14H22O7/c1-8(15)18-11-10-9(6-16-12(2,3)20-10)19-14(11)7-17-13(4,5)21-14/h9-11H,6-7H2,1-5H3/t9-,10-,11+,14?/m0/s1. The predicted octanol–water partition coefficient (Wildman–Crippen LogP) is 0.948. The third-order valence-corrected chi connectivity index (χ3v) is 3.80. The molecule has 3 saturated heterocycles. The van der Waals surface area contributed by atoms with Crippen molar-refractivity contribution in [3.63, 3.8) is 0 Å².